The SMILES string of the molecule is COc1cc(CCC(=O)O)ccc1OCc1cccc(Oc2ccccc2)c1. The number of benzene rings is 3. The number of para-hydroxylation sites is 1. The molecule has 0 fully saturated rings. The molecule has 0 saturated carbocycles. The minimum absolute atomic E-state index is 0.0809. The predicted octanol–water partition coefficient (Wildman–Crippen LogP) is 5.08. The lowest BCUT2D eigenvalue weighted by molar-refractivity contribution is -0.136. The molecule has 0 radical (unpaired) electrons. The molecule has 0 heterocycles. The number of aliphatic carboxylic acids is 1. The van der Waals surface area contributed by atoms with E-state index in [0.717, 1.165) is 22.6 Å². The summed E-state index contributed by atoms with van der Waals surface area (Å²) in [6, 6.07) is 22.8. The average molecular weight is 378 g/mol. The zero-order valence-corrected chi connectivity index (χ0v) is 15.6. The van der Waals surface area contributed by atoms with Crippen LogP contribution < -0.4 is 14.2 Å². The van der Waals surface area contributed by atoms with Crippen LogP contribution in [0.5, 0.6) is 23.0 Å². The Morgan fingerprint density at radius 3 is 2.39 bits per heavy atom. The largest absolute Gasteiger partial charge is 0.493 e. The van der Waals surface area contributed by atoms with Gasteiger partial charge in [-0.1, -0.05) is 36.4 Å². The molecule has 0 atom stereocenters. The molecule has 5 heteroatoms. The van der Waals surface area contributed by atoms with Gasteiger partial charge in [0.15, 0.2) is 11.5 Å². The van der Waals surface area contributed by atoms with Crippen LogP contribution in [0.25, 0.3) is 0 Å². The molecule has 5 nitrogen and oxygen atoms in total. The normalized spacial score (nSPS) is 10.3. The van der Waals surface area contributed by atoms with Gasteiger partial charge in [-0.25, -0.2) is 0 Å². The number of rotatable bonds is 9. The van der Waals surface area contributed by atoms with Crippen molar-refractivity contribution in [2.45, 2.75) is 19.4 Å². The molecule has 0 aliphatic heterocycles. The summed E-state index contributed by atoms with van der Waals surface area (Å²) in [6.07, 6.45) is 0.530. The molecular weight excluding hydrogens is 356 g/mol. The lowest BCUT2D eigenvalue weighted by Gasteiger charge is -2.13. The predicted molar refractivity (Wildman–Crippen MR) is 106 cm³/mol. The Balaban J connectivity index is 1.65. The van der Waals surface area contributed by atoms with Crippen molar-refractivity contribution >= 4 is 5.97 Å². The van der Waals surface area contributed by atoms with Crippen LogP contribution in [0.1, 0.15) is 17.5 Å². The van der Waals surface area contributed by atoms with Gasteiger partial charge in [-0.3, -0.25) is 4.79 Å². The second-order valence-corrected chi connectivity index (χ2v) is 6.23. The molecular formula is C23H22O5. The molecule has 0 aromatic heterocycles. The van der Waals surface area contributed by atoms with Crippen molar-refractivity contribution < 1.29 is 24.1 Å². The number of aryl methyl sites for hydroxylation is 1. The summed E-state index contributed by atoms with van der Waals surface area (Å²) in [4.78, 5) is 10.7. The third kappa shape index (κ3) is 5.51. The molecule has 0 spiro atoms. The van der Waals surface area contributed by atoms with Gasteiger partial charge >= 0.3 is 5.97 Å². The molecule has 3 rings (SSSR count). The van der Waals surface area contributed by atoms with Crippen molar-refractivity contribution in [1.82, 2.24) is 0 Å². The van der Waals surface area contributed by atoms with E-state index in [4.69, 9.17) is 19.3 Å². The molecule has 0 unspecified atom stereocenters. The molecule has 0 bridgehead atoms. The molecule has 1 N–H and O–H groups in total. The summed E-state index contributed by atoms with van der Waals surface area (Å²) in [7, 11) is 1.57. The summed E-state index contributed by atoms with van der Waals surface area (Å²) >= 11 is 0. The van der Waals surface area contributed by atoms with Crippen molar-refractivity contribution in [3.8, 4) is 23.0 Å². The van der Waals surface area contributed by atoms with E-state index in [0.29, 0.717) is 24.5 Å². The van der Waals surface area contributed by atoms with E-state index in [1.807, 2.05) is 66.7 Å². The molecule has 3 aromatic rings. The van der Waals surface area contributed by atoms with Crippen LogP contribution in [-0.2, 0) is 17.8 Å². The van der Waals surface area contributed by atoms with Crippen LogP contribution in [0.3, 0.4) is 0 Å². The van der Waals surface area contributed by atoms with Crippen molar-refractivity contribution in [1.29, 1.82) is 0 Å². The summed E-state index contributed by atoms with van der Waals surface area (Å²) in [6.45, 7) is 0.358. The first kappa shape index (κ1) is 19.3. The fourth-order valence-electron chi connectivity index (χ4n) is 2.72. The molecule has 0 aliphatic carbocycles. The van der Waals surface area contributed by atoms with Gasteiger partial charge in [0.2, 0.25) is 0 Å². The maximum atomic E-state index is 10.7. The smallest absolute Gasteiger partial charge is 0.303 e. The van der Waals surface area contributed by atoms with Gasteiger partial charge in [0, 0.05) is 6.42 Å². The standard InChI is InChI=1S/C23H22O5/c1-26-22-15-17(11-13-23(24)25)10-12-21(22)27-16-18-6-5-9-20(14-18)28-19-7-3-2-4-8-19/h2-10,12,14-15H,11,13,16H2,1H3,(H,24,25). The highest BCUT2D eigenvalue weighted by molar-refractivity contribution is 5.67. The van der Waals surface area contributed by atoms with Crippen LogP contribution >= 0.6 is 0 Å². The Morgan fingerprint density at radius 1 is 0.857 bits per heavy atom. The van der Waals surface area contributed by atoms with Crippen molar-refractivity contribution in [3.05, 3.63) is 83.9 Å². The van der Waals surface area contributed by atoms with Gasteiger partial charge in [0.1, 0.15) is 18.1 Å². The number of carbonyl (C=O) groups is 1. The van der Waals surface area contributed by atoms with Crippen molar-refractivity contribution in [2.75, 3.05) is 7.11 Å². The van der Waals surface area contributed by atoms with Crippen LogP contribution in [0.15, 0.2) is 72.8 Å². The quantitative estimate of drug-likeness (QED) is 0.562. The summed E-state index contributed by atoms with van der Waals surface area (Å²) in [5.41, 5.74) is 1.86. The Kier molecular flexibility index (Phi) is 6.52. The van der Waals surface area contributed by atoms with Crippen molar-refractivity contribution in [2.24, 2.45) is 0 Å². The third-order valence-corrected chi connectivity index (χ3v) is 4.13. The Morgan fingerprint density at radius 2 is 1.64 bits per heavy atom. The molecule has 0 aliphatic rings. The van der Waals surface area contributed by atoms with Gasteiger partial charge in [0.25, 0.3) is 0 Å². The first-order valence-corrected chi connectivity index (χ1v) is 8.97. The maximum Gasteiger partial charge on any atom is 0.303 e. The Bertz CT molecular complexity index is 921. The summed E-state index contributed by atoms with van der Waals surface area (Å²) in [5, 5.41) is 8.82. The number of methoxy groups -OCH3 is 1. The second-order valence-electron chi connectivity index (χ2n) is 6.23. The molecule has 144 valence electrons. The topological polar surface area (TPSA) is 65.0 Å². The lowest BCUT2D eigenvalue weighted by Crippen LogP contribution is -2.00. The van der Waals surface area contributed by atoms with E-state index >= 15 is 0 Å². The number of carboxylic acid groups (broad SMARTS) is 1. The van der Waals surface area contributed by atoms with Gasteiger partial charge in [-0.05, 0) is 53.9 Å². The fourth-order valence-corrected chi connectivity index (χ4v) is 2.72. The van der Waals surface area contributed by atoms with Gasteiger partial charge in [-0.2, -0.15) is 0 Å². The highest BCUT2D eigenvalue weighted by atomic mass is 16.5. The second kappa shape index (κ2) is 9.46. The van der Waals surface area contributed by atoms with Crippen molar-refractivity contribution in [3.63, 3.8) is 0 Å². The number of carboxylic acids is 1. The molecule has 0 saturated heterocycles. The van der Waals surface area contributed by atoms with Crippen LogP contribution in [0.2, 0.25) is 0 Å². The molecule has 28 heavy (non-hydrogen) atoms. The fraction of sp³-hybridized carbons (Fsp3) is 0.174. The minimum Gasteiger partial charge on any atom is -0.493 e. The van der Waals surface area contributed by atoms with Crippen LogP contribution in [-0.4, -0.2) is 18.2 Å². The lowest BCUT2D eigenvalue weighted by atomic mass is 10.1. The van der Waals surface area contributed by atoms with E-state index in [2.05, 4.69) is 0 Å². The minimum atomic E-state index is -0.822. The maximum absolute atomic E-state index is 10.7. The van der Waals surface area contributed by atoms with Crippen LogP contribution in [0.4, 0.5) is 0 Å². The number of hydrogen-bond acceptors (Lipinski definition) is 4. The Hall–Kier alpha value is -3.47. The van der Waals surface area contributed by atoms with Gasteiger partial charge in [0.05, 0.1) is 7.11 Å². The highest BCUT2D eigenvalue weighted by Gasteiger charge is 2.08. The first-order valence-electron chi connectivity index (χ1n) is 8.97. The van der Waals surface area contributed by atoms with E-state index in [1.165, 1.54) is 0 Å². The summed E-state index contributed by atoms with van der Waals surface area (Å²) < 4.78 is 17.1. The van der Waals surface area contributed by atoms with Crippen LogP contribution in [0, 0.1) is 0 Å². The molecule has 3 aromatic carbocycles. The first-order chi connectivity index (χ1) is 13.6. The summed E-state index contributed by atoms with van der Waals surface area (Å²) in [5.74, 6) is 1.88. The van der Waals surface area contributed by atoms with E-state index in [-0.39, 0.29) is 6.42 Å². The van der Waals surface area contributed by atoms with Gasteiger partial charge in [-0.15, -0.1) is 0 Å². The third-order valence-electron chi connectivity index (χ3n) is 4.13. The average Bonchev–Trinajstić information content (AvgIpc) is 2.72. The van der Waals surface area contributed by atoms with E-state index < -0.39 is 5.97 Å². The zero-order chi connectivity index (χ0) is 19.8. The monoisotopic (exact) mass is 378 g/mol. The molecule has 0 amide bonds. The van der Waals surface area contributed by atoms with E-state index in [1.54, 1.807) is 13.2 Å². The Labute approximate surface area is 164 Å². The van der Waals surface area contributed by atoms with Gasteiger partial charge < -0.3 is 19.3 Å². The highest BCUT2D eigenvalue weighted by Crippen LogP contribution is 2.30. The number of ether oxygens (including phenoxy) is 3. The number of hydrogen-bond donors (Lipinski definition) is 1. The van der Waals surface area contributed by atoms with E-state index in [9.17, 15) is 4.79 Å². The zero-order valence-electron chi connectivity index (χ0n) is 15.6.